The van der Waals surface area contributed by atoms with Crippen molar-refractivity contribution in [2.75, 3.05) is 13.1 Å². The Morgan fingerprint density at radius 1 is 1.41 bits per heavy atom. The van der Waals surface area contributed by atoms with Gasteiger partial charge in [-0.05, 0) is 24.8 Å². The second-order valence-corrected chi connectivity index (χ2v) is 5.39. The predicted molar refractivity (Wildman–Crippen MR) is 76.2 cm³/mol. The molecule has 8 heteroatoms. The van der Waals surface area contributed by atoms with E-state index < -0.39 is 10.8 Å². The van der Waals surface area contributed by atoms with Crippen LogP contribution in [0.1, 0.15) is 23.4 Å². The van der Waals surface area contributed by atoms with Gasteiger partial charge in [-0.1, -0.05) is 0 Å². The third-order valence-electron chi connectivity index (χ3n) is 3.91. The van der Waals surface area contributed by atoms with Crippen LogP contribution < -0.4 is 0 Å². The molecule has 0 aliphatic carbocycles. The van der Waals surface area contributed by atoms with Crippen LogP contribution in [0.4, 0.5) is 5.88 Å². The topological polar surface area (TPSA) is 94.4 Å². The van der Waals surface area contributed by atoms with Gasteiger partial charge in [-0.15, -0.1) is 0 Å². The summed E-state index contributed by atoms with van der Waals surface area (Å²) in [6.07, 6.45) is 7.26. The fourth-order valence-electron chi connectivity index (χ4n) is 2.71. The molecule has 0 N–H and O–H groups in total. The van der Waals surface area contributed by atoms with E-state index in [9.17, 15) is 14.9 Å². The highest BCUT2D eigenvalue weighted by Gasteiger charge is 2.26. The summed E-state index contributed by atoms with van der Waals surface area (Å²) >= 11 is 0. The van der Waals surface area contributed by atoms with Gasteiger partial charge < -0.3 is 13.9 Å². The van der Waals surface area contributed by atoms with Crippen LogP contribution in [0.3, 0.4) is 0 Å². The number of hydrogen-bond donors (Lipinski definition) is 0. The number of nitrogens with zero attached hydrogens (tertiary/aromatic N) is 4. The molecule has 0 spiro atoms. The molecule has 2 aromatic rings. The molecule has 116 valence electrons. The van der Waals surface area contributed by atoms with Crippen molar-refractivity contribution in [3.63, 3.8) is 0 Å². The molecule has 3 heterocycles. The zero-order chi connectivity index (χ0) is 15.5. The zero-order valence-electron chi connectivity index (χ0n) is 11.9. The van der Waals surface area contributed by atoms with Gasteiger partial charge in [0.05, 0.1) is 12.4 Å². The Bertz CT molecular complexity index is 656. The first-order valence-electron chi connectivity index (χ1n) is 7.12. The summed E-state index contributed by atoms with van der Waals surface area (Å²) in [6, 6.07) is 2.57. The van der Waals surface area contributed by atoms with Gasteiger partial charge in [-0.25, -0.2) is 4.98 Å². The molecule has 0 aromatic carbocycles. The number of furan rings is 1. The molecule has 1 aliphatic heterocycles. The zero-order valence-corrected chi connectivity index (χ0v) is 11.9. The van der Waals surface area contributed by atoms with Gasteiger partial charge in [0.25, 0.3) is 5.91 Å². The van der Waals surface area contributed by atoms with Crippen LogP contribution in [0, 0.1) is 16.0 Å². The highest BCUT2D eigenvalue weighted by Crippen LogP contribution is 2.22. The van der Waals surface area contributed by atoms with Crippen LogP contribution in [-0.4, -0.2) is 38.4 Å². The molecular formula is C14H16N4O4. The average molecular weight is 304 g/mol. The van der Waals surface area contributed by atoms with Crippen LogP contribution in [0.5, 0.6) is 0 Å². The third-order valence-corrected chi connectivity index (χ3v) is 3.91. The first kappa shape index (κ1) is 14.3. The molecule has 0 radical (unpaired) electrons. The van der Waals surface area contributed by atoms with Gasteiger partial charge >= 0.3 is 5.88 Å². The van der Waals surface area contributed by atoms with Gasteiger partial charge in [0.15, 0.2) is 5.76 Å². The lowest BCUT2D eigenvalue weighted by Crippen LogP contribution is -2.39. The second-order valence-electron chi connectivity index (χ2n) is 5.39. The van der Waals surface area contributed by atoms with Crippen molar-refractivity contribution in [2.45, 2.75) is 19.4 Å². The van der Waals surface area contributed by atoms with E-state index in [1.54, 1.807) is 17.4 Å². The lowest BCUT2D eigenvalue weighted by molar-refractivity contribution is -0.402. The summed E-state index contributed by atoms with van der Waals surface area (Å²) in [5.41, 5.74) is 0. The molecule has 1 saturated heterocycles. The summed E-state index contributed by atoms with van der Waals surface area (Å²) in [4.78, 5) is 27.9. The van der Waals surface area contributed by atoms with Crippen LogP contribution >= 0.6 is 0 Å². The van der Waals surface area contributed by atoms with Gasteiger partial charge in [-0.3, -0.25) is 14.9 Å². The number of piperidine rings is 1. The van der Waals surface area contributed by atoms with Crippen LogP contribution in [0.15, 0.2) is 35.3 Å². The van der Waals surface area contributed by atoms with Crippen molar-refractivity contribution in [1.29, 1.82) is 0 Å². The minimum Gasteiger partial charge on any atom is -0.395 e. The van der Waals surface area contributed by atoms with Crippen molar-refractivity contribution in [3.8, 4) is 0 Å². The molecule has 0 saturated carbocycles. The fraction of sp³-hybridized carbons (Fsp3) is 0.429. The third kappa shape index (κ3) is 3.00. The van der Waals surface area contributed by atoms with Crippen LogP contribution in [0.2, 0.25) is 0 Å². The van der Waals surface area contributed by atoms with Crippen molar-refractivity contribution in [1.82, 2.24) is 14.5 Å². The molecule has 1 aliphatic rings. The van der Waals surface area contributed by atoms with E-state index in [1.807, 2.05) is 10.8 Å². The second kappa shape index (κ2) is 6.00. The molecule has 0 atom stereocenters. The largest absolute Gasteiger partial charge is 0.433 e. The molecule has 1 fully saturated rings. The Kier molecular flexibility index (Phi) is 3.90. The van der Waals surface area contributed by atoms with E-state index in [-0.39, 0.29) is 11.7 Å². The Labute approximate surface area is 126 Å². The molecule has 1 amide bonds. The van der Waals surface area contributed by atoms with E-state index in [0.29, 0.717) is 19.0 Å². The summed E-state index contributed by atoms with van der Waals surface area (Å²) < 4.78 is 7.01. The van der Waals surface area contributed by atoms with Crippen LogP contribution in [-0.2, 0) is 6.54 Å². The Morgan fingerprint density at radius 2 is 2.18 bits per heavy atom. The molecule has 0 bridgehead atoms. The van der Waals surface area contributed by atoms with E-state index >= 15 is 0 Å². The van der Waals surface area contributed by atoms with Gasteiger partial charge in [0.2, 0.25) is 0 Å². The van der Waals surface area contributed by atoms with Gasteiger partial charge in [0, 0.05) is 32.0 Å². The maximum atomic E-state index is 12.3. The Morgan fingerprint density at radius 3 is 2.77 bits per heavy atom. The number of carbonyl (C=O) groups excluding carboxylic acids is 1. The Hall–Kier alpha value is -2.64. The minimum atomic E-state index is -0.645. The normalized spacial score (nSPS) is 15.9. The monoisotopic (exact) mass is 304 g/mol. The van der Waals surface area contributed by atoms with E-state index in [2.05, 4.69) is 4.98 Å². The molecular weight excluding hydrogens is 288 g/mol. The molecule has 0 unspecified atom stereocenters. The quantitative estimate of drug-likeness (QED) is 0.635. The molecule has 2 aromatic heterocycles. The maximum absolute atomic E-state index is 12.3. The summed E-state index contributed by atoms with van der Waals surface area (Å²) in [7, 11) is 0. The van der Waals surface area contributed by atoms with E-state index in [4.69, 9.17) is 4.42 Å². The van der Waals surface area contributed by atoms with Crippen molar-refractivity contribution in [3.05, 3.63) is 46.7 Å². The average Bonchev–Trinajstić information content (AvgIpc) is 3.18. The standard InChI is InChI=1S/C14H16N4O4/c19-14(12-1-2-13(22-12)18(20)21)17-6-3-11(4-7-17)9-16-8-5-15-10-16/h1-2,5,8,10-11H,3-4,6-7,9H2. The van der Waals surface area contributed by atoms with Crippen LogP contribution in [0.25, 0.3) is 0 Å². The maximum Gasteiger partial charge on any atom is 0.433 e. The number of aromatic nitrogens is 2. The molecule has 8 nitrogen and oxygen atoms in total. The first-order valence-corrected chi connectivity index (χ1v) is 7.12. The summed E-state index contributed by atoms with van der Waals surface area (Å²) in [5, 5.41) is 10.6. The number of carbonyl (C=O) groups is 1. The smallest absolute Gasteiger partial charge is 0.395 e. The number of imidazole rings is 1. The molecule has 22 heavy (non-hydrogen) atoms. The van der Waals surface area contributed by atoms with Gasteiger partial charge in [-0.2, -0.15) is 0 Å². The van der Waals surface area contributed by atoms with E-state index in [1.165, 1.54) is 12.1 Å². The number of likely N-dealkylation sites (tertiary alicyclic amines) is 1. The number of hydrogen-bond acceptors (Lipinski definition) is 5. The lowest BCUT2D eigenvalue weighted by atomic mass is 9.96. The number of nitro groups is 1. The summed E-state index contributed by atoms with van der Waals surface area (Å²) in [5.74, 6) is -0.156. The van der Waals surface area contributed by atoms with Crippen molar-refractivity contribution >= 4 is 11.8 Å². The van der Waals surface area contributed by atoms with Crippen molar-refractivity contribution < 1.29 is 14.1 Å². The Balaban J connectivity index is 1.56. The van der Waals surface area contributed by atoms with Crippen molar-refractivity contribution in [2.24, 2.45) is 5.92 Å². The number of rotatable bonds is 4. The fourth-order valence-corrected chi connectivity index (χ4v) is 2.71. The van der Waals surface area contributed by atoms with Gasteiger partial charge in [0.1, 0.15) is 4.92 Å². The highest BCUT2D eigenvalue weighted by atomic mass is 16.6. The number of amides is 1. The molecule has 3 rings (SSSR count). The van der Waals surface area contributed by atoms with E-state index in [0.717, 1.165) is 19.4 Å². The lowest BCUT2D eigenvalue weighted by Gasteiger charge is -2.31. The summed E-state index contributed by atoms with van der Waals surface area (Å²) in [6.45, 7) is 2.16. The highest BCUT2D eigenvalue weighted by molar-refractivity contribution is 5.91. The predicted octanol–water partition coefficient (Wildman–Crippen LogP) is 1.94. The first-order chi connectivity index (χ1) is 10.6. The minimum absolute atomic E-state index is 0.0276. The SMILES string of the molecule is O=C(c1ccc([N+](=O)[O-])o1)N1CCC(Cn2ccnc2)CC1.